The van der Waals surface area contributed by atoms with Gasteiger partial charge in [-0.15, -0.1) is 0 Å². The Morgan fingerprint density at radius 1 is 1.38 bits per heavy atom. The van der Waals surface area contributed by atoms with Gasteiger partial charge in [-0.05, 0) is 12.1 Å². The maximum absolute atomic E-state index is 11.6. The molecular weight excluding hydrogens is 212 g/mol. The first-order valence-electron chi connectivity index (χ1n) is 4.66. The molecule has 0 spiro atoms. The van der Waals surface area contributed by atoms with Crippen LogP contribution in [-0.4, -0.2) is 38.2 Å². The van der Waals surface area contributed by atoms with E-state index in [1.165, 1.54) is 26.4 Å². The topological polar surface area (TPSA) is 65.0 Å². The predicted molar refractivity (Wildman–Crippen MR) is 56.2 cm³/mol. The minimum absolute atomic E-state index is 0.0425. The SMILES string of the molecule is COC(OC)OCC(=O)c1cccc(O)c1. The highest BCUT2D eigenvalue weighted by Gasteiger charge is 2.11. The maximum Gasteiger partial charge on any atom is 0.271 e. The summed E-state index contributed by atoms with van der Waals surface area (Å²) < 4.78 is 14.5. The molecular formula is C11H14O5. The second kappa shape index (κ2) is 6.22. The van der Waals surface area contributed by atoms with Gasteiger partial charge in [0.05, 0.1) is 0 Å². The van der Waals surface area contributed by atoms with Crippen molar-refractivity contribution in [3.8, 4) is 5.75 Å². The normalized spacial score (nSPS) is 10.7. The van der Waals surface area contributed by atoms with Gasteiger partial charge in [0.15, 0.2) is 5.78 Å². The first-order valence-corrected chi connectivity index (χ1v) is 4.66. The van der Waals surface area contributed by atoms with E-state index in [4.69, 9.17) is 14.2 Å². The van der Waals surface area contributed by atoms with E-state index in [1.807, 2.05) is 0 Å². The molecule has 0 bridgehead atoms. The number of carbonyl (C=O) groups excluding carboxylic acids is 1. The Morgan fingerprint density at radius 2 is 2.06 bits per heavy atom. The lowest BCUT2D eigenvalue weighted by atomic mass is 10.1. The van der Waals surface area contributed by atoms with Crippen molar-refractivity contribution in [2.75, 3.05) is 20.8 Å². The zero-order valence-electron chi connectivity index (χ0n) is 9.17. The van der Waals surface area contributed by atoms with Gasteiger partial charge in [0.1, 0.15) is 12.4 Å². The van der Waals surface area contributed by atoms with Crippen LogP contribution in [0.5, 0.6) is 5.75 Å². The number of phenolic OH excluding ortho intramolecular Hbond substituents is 1. The second-order valence-electron chi connectivity index (χ2n) is 3.04. The van der Waals surface area contributed by atoms with E-state index in [1.54, 1.807) is 12.1 Å². The van der Waals surface area contributed by atoms with Crippen molar-refractivity contribution in [3.05, 3.63) is 29.8 Å². The van der Waals surface area contributed by atoms with Gasteiger partial charge in [-0.1, -0.05) is 12.1 Å². The van der Waals surface area contributed by atoms with E-state index in [9.17, 15) is 9.90 Å². The highest BCUT2D eigenvalue weighted by Crippen LogP contribution is 2.11. The molecule has 0 aromatic heterocycles. The maximum atomic E-state index is 11.6. The Labute approximate surface area is 93.6 Å². The van der Waals surface area contributed by atoms with E-state index >= 15 is 0 Å². The van der Waals surface area contributed by atoms with Crippen LogP contribution in [0.25, 0.3) is 0 Å². The van der Waals surface area contributed by atoms with Crippen molar-refractivity contribution in [1.29, 1.82) is 0 Å². The van der Waals surface area contributed by atoms with Crippen LogP contribution in [0.2, 0.25) is 0 Å². The number of carbonyl (C=O) groups is 1. The molecule has 88 valence electrons. The summed E-state index contributed by atoms with van der Waals surface area (Å²) in [4.78, 5) is 11.6. The summed E-state index contributed by atoms with van der Waals surface area (Å²) in [6, 6.07) is 6.05. The molecule has 16 heavy (non-hydrogen) atoms. The molecule has 1 N–H and O–H groups in total. The molecule has 1 aromatic carbocycles. The van der Waals surface area contributed by atoms with Crippen molar-refractivity contribution in [1.82, 2.24) is 0 Å². The Morgan fingerprint density at radius 3 is 2.62 bits per heavy atom. The lowest BCUT2D eigenvalue weighted by molar-refractivity contribution is -0.259. The standard InChI is InChI=1S/C11H14O5/c1-14-11(15-2)16-7-10(13)8-4-3-5-9(12)6-8/h3-6,11-12H,7H2,1-2H3. The number of phenols is 1. The Kier molecular flexibility index (Phi) is 4.91. The molecule has 0 heterocycles. The molecule has 0 atom stereocenters. The fourth-order valence-electron chi connectivity index (χ4n) is 1.14. The quantitative estimate of drug-likeness (QED) is 0.582. The molecule has 0 saturated carbocycles. The van der Waals surface area contributed by atoms with E-state index < -0.39 is 6.48 Å². The van der Waals surface area contributed by atoms with Crippen LogP contribution >= 0.6 is 0 Å². The third kappa shape index (κ3) is 3.62. The summed E-state index contributed by atoms with van der Waals surface area (Å²) in [5.74, 6) is -0.212. The van der Waals surface area contributed by atoms with Crippen molar-refractivity contribution >= 4 is 5.78 Å². The van der Waals surface area contributed by atoms with Gasteiger partial charge in [-0.3, -0.25) is 4.79 Å². The number of aromatic hydroxyl groups is 1. The van der Waals surface area contributed by atoms with Gasteiger partial charge < -0.3 is 19.3 Å². The molecule has 0 aliphatic heterocycles. The summed E-state index contributed by atoms with van der Waals surface area (Å²) in [7, 11) is 2.82. The molecule has 0 unspecified atom stereocenters. The molecule has 5 nitrogen and oxygen atoms in total. The molecule has 0 fully saturated rings. The molecule has 0 aliphatic carbocycles. The van der Waals surface area contributed by atoms with E-state index in [0.29, 0.717) is 5.56 Å². The fraction of sp³-hybridized carbons (Fsp3) is 0.364. The molecule has 1 aromatic rings. The molecule has 5 heteroatoms. The van der Waals surface area contributed by atoms with Gasteiger partial charge in [0.25, 0.3) is 6.48 Å². The van der Waals surface area contributed by atoms with Gasteiger partial charge >= 0.3 is 0 Å². The highest BCUT2D eigenvalue weighted by molar-refractivity contribution is 5.97. The summed E-state index contributed by atoms with van der Waals surface area (Å²) >= 11 is 0. The predicted octanol–water partition coefficient (Wildman–Crippen LogP) is 1.17. The summed E-state index contributed by atoms with van der Waals surface area (Å²) in [5, 5.41) is 9.19. The fourth-order valence-corrected chi connectivity index (χ4v) is 1.14. The van der Waals surface area contributed by atoms with Gasteiger partial charge in [-0.2, -0.15) is 0 Å². The first-order chi connectivity index (χ1) is 7.67. The van der Waals surface area contributed by atoms with Crippen LogP contribution in [0.1, 0.15) is 10.4 Å². The Balaban J connectivity index is 2.52. The van der Waals surface area contributed by atoms with Crippen LogP contribution < -0.4 is 0 Å². The van der Waals surface area contributed by atoms with Crippen molar-refractivity contribution in [2.24, 2.45) is 0 Å². The number of ether oxygens (including phenoxy) is 3. The number of hydrogen-bond acceptors (Lipinski definition) is 5. The van der Waals surface area contributed by atoms with Crippen LogP contribution in [0.15, 0.2) is 24.3 Å². The minimum Gasteiger partial charge on any atom is -0.508 e. The van der Waals surface area contributed by atoms with Crippen LogP contribution in [0.3, 0.4) is 0 Å². The minimum atomic E-state index is -0.860. The number of hydrogen-bond donors (Lipinski definition) is 1. The third-order valence-corrected chi connectivity index (χ3v) is 1.90. The van der Waals surface area contributed by atoms with Crippen LogP contribution in [0.4, 0.5) is 0 Å². The number of Topliss-reactive ketones (excluding diaryl/α,β-unsaturated/α-hetero) is 1. The Bertz CT molecular complexity index is 346. The summed E-state index contributed by atoms with van der Waals surface area (Å²) in [6.45, 7) is -1.03. The Hall–Kier alpha value is -1.43. The van der Waals surface area contributed by atoms with E-state index in [0.717, 1.165) is 0 Å². The molecule has 0 radical (unpaired) electrons. The second-order valence-corrected chi connectivity index (χ2v) is 3.04. The van der Waals surface area contributed by atoms with E-state index in [-0.39, 0.29) is 18.1 Å². The number of methoxy groups -OCH3 is 2. The van der Waals surface area contributed by atoms with Crippen molar-refractivity contribution in [3.63, 3.8) is 0 Å². The molecule has 0 amide bonds. The zero-order chi connectivity index (χ0) is 12.0. The van der Waals surface area contributed by atoms with Gasteiger partial charge in [0.2, 0.25) is 0 Å². The molecule has 0 aliphatic rings. The number of rotatable bonds is 6. The van der Waals surface area contributed by atoms with Crippen LogP contribution in [0, 0.1) is 0 Å². The molecule has 1 rings (SSSR count). The average molecular weight is 226 g/mol. The van der Waals surface area contributed by atoms with Gasteiger partial charge in [-0.25, -0.2) is 0 Å². The lowest BCUT2D eigenvalue weighted by Gasteiger charge is -2.13. The van der Waals surface area contributed by atoms with Crippen molar-refractivity contribution in [2.45, 2.75) is 6.48 Å². The smallest absolute Gasteiger partial charge is 0.271 e. The summed E-state index contributed by atoms with van der Waals surface area (Å²) in [6.07, 6.45) is 0. The molecule has 0 saturated heterocycles. The summed E-state index contributed by atoms with van der Waals surface area (Å²) in [5.41, 5.74) is 0.381. The first kappa shape index (κ1) is 12.6. The third-order valence-electron chi connectivity index (χ3n) is 1.90. The number of ketones is 1. The highest BCUT2D eigenvalue weighted by atomic mass is 16.8. The monoisotopic (exact) mass is 226 g/mol. The zero-order valence-corrected chi connectivity index (χ0v) is 9.17. The van der Waals surface area contributed by atoms with Gasteiger partial charge in [0, 0.05) is 19.8 Å². The van der Waals surface area contributed by atoms with E-state index in [2.05, 4.69) is 0 Å². The largest absolute Gasteiger partial charge is 0.508 e. The average Bonchev–Trinajstić information content (AvgIpc) is 2.30. The van der Waals surface area contributed by atoms with Crippen molar-refractivity contribution < 1.29 is 24.1 Å². The van der Waals surface area contributed by atoms with Crippen LogP contribution in [-0.2, 0) is 14.2 Å². The number of benzene rings is 1. The lowest BCUT2D eigenvalue weighted by Crippen LogP contribution is -2.21.